The Hall–Kier alpha value is -2.08. The zero-order chi connectivity index (χ0) is 15.6. The molecule has 1 atom stereocenters. The van der Waals surface area contributed by atoms with Gasteiger partial charge in [0.25, 0.3) is 5.91 Å². The second kappa shape index (κ2) is 6.13. The van der Waals surface area contributed by atoms with Gasteiger partial charge in [0.15, 0.2) is 5.82 Å². The molecule has 6 heteroatoms. The van der Waals surface area contributed by atoms with E-state index in [0.29, 0.717) is 17.9 Å². The van der Waals surface area contributed by atoms with Crippen molar-refractivity contribution in [2.24, 2.45) is 5.73 Å². The van der Waals surface area contributed by atoms with Crippen molar-refractivity contribution < 1.29 is 9.32 Å². The molecule has 3 N–H and O–H groups in total. The van der Waals surface area contributed by atoms with Gasteiger partial charge in [-0.25, -0.2) is 0 Å². The summed E-state index contributed by atoms with van der Waals surface area (Å²) in [6.45, 7) is 8.17. The maximum atomic E-state index is 12.2. The predicted octanol–water partition coefficient (Wildman–Crippen LogP) is 1.86. The third-order valence-corrected chi connectivity index (χ3v) is 3.41. The highest BCUT2D eigenvalue weighted by Gasteiger charge is 2.18. The summed E-state index contributed by atoms with van der Waals surface area (Å²) in [5.74, 6) is 1.34. The Kier molecular flexibility index (Phi) is 4.47. The van der Waals surface area contributed by atoms with E-state index in [0.717, 1.165) is 23.6 Å². The summed E-state index contributed by atoms with van der Waals surface area (Å²) in [6.07, 6.45) is 0.757. The van der Waals surface area contributed by atoms with Crippen LogP contribution in [0.4, 0.5) is 0 Å². The number of amides is 1. The highest BCUT2D eigenvalue weighted by molar-refractivity contribution is 5.95. The molecular formula is C15H22N4O2. The molecule has 0 fully saturated rings. The number of hydrogen-bond donors (Lipinski definition) is 2. The van der Waals surface area contributed by atoms with Gasteiger partial charge >= 0.3 is 0 Å². The molecule has 21 heavy (non-hydrogen) atoms. The number of nitrogens with two attached hydrogens (primary N) is 1. The van der Waals surface area contributed by atoms with Crippen LogP contribution in [0.2, 0.25) is 0 Å². The maximum Gasteiger partial charge on any atom is 0.253 e. The molecule has 2 heterocycles. The van der Waals surface area contributed by atoms with Gasteiger partial charge in [0.05, 0.1) is 5.56 Å². The molecule has 0 bridgehead atoms. The van der Waals surface area contributed by atoms with E-state index in [4.69, 9.17) is 10.3 Å². The number of aryl methyl sites for hydroxylation is 2. The third kappa shape index (κ3) is 3.33. The lowest BCUT2D eigenvalue weighted by atomic mass is 10.2. The second-order valence-corrected chi connectivity index (χ2v) is 5.44. The molecule has 0 saturated carbocycles. The van der Waals surface area contributed by atoms with Gasteiger partial charge in [-0.15, -0.1) is 0 Å². The zero-order valence-electron chi connectivity index (χ0n) is 12.9. The van der Waals surface area contributed by atoms with Crippen molar-refractivity contribution >= 4 is 5.91 Å². The summed E-state index contributed by atoms with van der Waals surface area (Å²) >= 11 is 0. The van der Waals surface area contributed by atoms with E-state index in [2.05, 4.69) is 10.5 Å². The molecule has 1 unspecified atom stereocenters. The Bertz CT molecular complexity index is 640. The van der Waals surface area contributed by atoms with Crippen LogP contribution in [0.1, 0.15) is 40.9 Å². The minimum Gasteiger partial charge on any atom is -0.360 e. The molecule has 1 amide bonds. The first-order valence-corrected chi connectivity index (χ1v) is 7.06. The van der Waals surface area contributed by atoms with Crippen LogP contribution in [0.5, 0.6) is 0 Å². The van der Waals surface area contributed by atoms with Crippen LogP contribution in [0.15, 0.2) is 16.7 Å². The van der Waals surface area contributed by atoms with E-state index in [1.807, 2.05) is 44.4 Å². The summed E-state index contributed by atoms with van der Waals surface area (Å²) < 4.78 is 7.02. The lowest BCUT2D eigenvalue weighted by Crippen LogP contribution is -2.29. The number of rotatable bonds is 5. The predicted molar refractivity (Wildman–Crippen MR) is 80.6 cm³/mol. The minimum absolute atomic E-state index is 0.0795. The molecule has 114 valence electrons. The van der Waals surface area contributed by atoms with E-state index >= 15 is 0 Å². The standard InChI is InChI=1S/C15H22N4O2/c1-9(16)5-6-17-15(20)13-7-10(2)19(12(13)4)14-8-11(3)21-18-14/h7-9H,5-6,16H2,1-4H3,(H,17,20). The summed E-state index contributed by atoms with van der Waals surface area (Å²) in [4.78, 5) is 12.2. The number of nitrogens with one attached hydrogen (secondary N) is 1. The molecular weight excluding hydrogens is 268 g/mol. The van der Waals surface area contributed by atoms with Gasteiger partial charge in [-0.3, -0.25) is 9.36 Å². The molecule has 2 rings (SSSR count). The van der Waals surface area contributed by atoms with Crippen molar-refractivity contribution in [3.05, 3.63) is 34.8 Å². The average molecular weight is 290 g/mol. The van der Waals surface area contributed by atoms with Crippen LogP contribution >= 0.6 is 0 Å². The Morgan fingerprint density at radius 2 is 2.14 bits per heavy atom. The molecule has 0 saturated heterocycles. The minimum atomic E-state index is -0.0878. The van der Waals surface area contributed by atoms with Crippen LogP contribution in [-0.4, -0.2) is 28.2 Å². The number of hydrogen-bond acceptors (Lipinski definition) is 4. The molecule has 0 aromatic carbocycles. The van der Waals surface area contributed by atoms with Crippen LogP contribution < -0.4 is 11.1 Å². The van der Waals surface area contributed by atoms with Crippen LogP contribution in [0.25, 0.3) is 5.82 Å². The zero-order valence-corrected chi connectivity index (χ0v) is 12.9. The third-order valence-electron chi connectivity index (χ3n) is 3.41. The molecule has 0 aliphatic rings. The average Bonchev–Trinajstić information content (AvgIpc) is 2.93. The van der Waals surface area contributed by atoms with Gasteiger partial charge in [0, 0.05) is 30.0 Å². The van der Waals surface area contributed by atoms with Gasteiger partial charge in [0.1, 0.15) is 5.76 Å². The second-order valence-electron chi connectivity index (χ2n) is 5.44. The van der Waals surface area contributed by atoms with Crippen molar-refractivity contribution in [2.45, 2.75) is 40.2 Å². The van der Waals surface area contributed by atoms with Gasteiger partial charge < -0.3 is 15.6 Å². The summed E-state index contributed by atoms with van der Waals surface area (Å²) in [5, 5.41) is 6.90. The molecule has 0 aliphatic heterocycles. The Morgan fingerprint density at radius 1 is 1.43 bits per heavy atom. The highest BCUT2D eigenvalue weighted by Crippen LogP contribution is 2.20. The molecule has 0 aliphatic carbocycles. The summed E-state index contributed by atoms with van der Waals surface area (Å²) in [7, 11) is 0. The number of aromatic nitrogens is 2. The van der Waals surface area contributed by atoms with E-state index < -0.39 is 0 Å². The fraction of sp³-hybridized carbons (Fsp3) is 0.467. The fourth-order valence-electron chi connectivity index (χ4n) is 2.31. The summed E-state index contributed by atoms with van der Waals surface area (Å²) in [5.41, 5.74) is 8.12. The topological polar surface area (TPSA) is 86.1 Å². The molecule has 0 radical (unpaired) electrons. The SMILES string of the molecule is Cc1cc(-n2c(C)cc(C(=O)NCCC(C)N)c2C)no1. The number of nitrogens with zero attached hydrogens (tertiary/aromatic N) is 2. The molecule has 2 aromatic heterocycles. The number of carbonyl (C=O) groups is 1. The normalized spacial score (nSPS) is 12.4. The van der Waals surface area contributed by atoms with E-state index in [1.165, 1.54) is 0 Å². The maximum absolute atomic E-state index is 12.2. The first-order valence-electron chi connectivity index (χ1n) is 7.06. The molecule has 2 aromatic rings. The highest BCUT2D eigenvalue weighted by atomic mass is 16.5. The monoisotopic (exact) mass is 290 g/mol. The largest absolute Gasteiger partial charge is 0.360 e. The van der Waals surface area contributed by atoms with Crippen molar-refractivity contribution in [3.63, 3.8) is 0 Å². The van der Waals surface area contributed by atoms with Gasteiger partial charge in [-0.2, -0.15) is 0 Å². The van der Waals surface area contributed by atoms with E-state index in [1.54, 1.807) is 0 Å². The Morgan fingerprint density at radius 3 is 2.71 bits per heavy atom. The first-order chi connectivity index (χ1) is 9.90. The quantitative estimate of drug-likeness (QED) is 0.880. The summed E-state index contributed by atoms with van der Waals surface area (Å²) in [6, 6.07) is 3.79. The van der Waals surface area contributed by atoms with Crippen LogP contribution in [0, 0.1) is 20.8 Å². The van der Waals surface area contributed by atoms with Crippen LogP contribution in [-0.2, 0) is 0 Å². The molecule has 6 nitrogen and oxygen atoms in total. The Balaban J connectivity index is 2.21. The van der Waals surface area contributed by atoms with E-state index in [-0.39, 0.29) is 11.9 Å². The van der Waals surface area contributed by atoms with Gasteiger partial charge in [-0.05, 0) is 40.2 Å². The van der Waals surface area contributed by atoms with Gasteiger partial charge in [-0.1, -0.05) is 5.16 Å². The van der Waals surface area contributed by atoms with Crippen molar-refractivity contribution in [1.82, 2.24) is 15.0 Å². The number of carbonyl (C=O) groups excluding carboxylic acids is 1. The van der Waals surface area contributed by atoms with Crippen LogP contribution in [0.3, 0.4) is 0 Å². The van der Waals surface area contributed by atoms with E-state index in [9.17, 15) is 4.79 Å². The smallest absolute Gasteiger partial charge is 0.253 e. The van der Waals surface area contributed by atoms with Gasteiger partial charge in [0.2, 0.25) is 0 Å². The lowest BCUT2D eigenvalue weighted by Gasteiger charge is -2.08. The van der Waals surface area contributed by atoms with Crippen molar-refractivity contribution in [2.75, 3.05) is 6.54 Å². The fourth-order valence-corrected chi connectivity index (χ4v) is 2.31. The molecule has 0 spiro atoms. The Labute approximate surface area is 124 Å². The van der Waals surface area contributed by atoms with Crippen molar-refractivity contribution in [1.29, 1.82) is 0 Å². The lowest BCUT2D eigenvalue weighted by molar-refractivity contribution is 0.0952. The first kappa shape index (κ1) is 15.3. The van der Waals surface area contributed by atoms with Crippen molar-refractivity contribution in [3.8, 4) is 5.82 Å².